The summed E-state index contributed by atoms with van der Waals surface area (Å²) in [4.78, 5) is 15.4. The molecule has 1 unspecified atom stereocenters. The van der Waals surface area contributed by atoms with E-state index in [9.17, 15) is 4.79 Å². The monoisotopic (exact) mass is 320 g/mol. The number of carbonyl (C=O) groups excluding carboxylic acids is 1. The first-order valence-corrected chi connectivity index (χ1v) is 7.14. The summed E-state index contributed by atoms with van der Waals surface area (Å²) in [6, 6.07) is 13.8. The van der Waals surface area contributed by atoms with Gasteiger partial charge in [-0.3, -0.25) is 4.99 Å². The van der Waals surface area contributed by atoms with Crippen LogP contribution in [-0.4, -0.2) is 18.0 Å². The van der Waals surface area contributed by atoms with Crippen molar-refractivity contribution < 1.29 is 4.79 Å². The van der Waals surface area contributed by atoms with E-state index in [1.807, 2.05) is 24.3 Å². The van der Waals surface area contributed by atoms with Crippen molar-refractivity contribution in [2.24, 2.45) is 10.7 Å². The Morgan fingerprint density at radius 3 is 2.10 bits per heavy atom. The molecule has 0 saturated heterocycles. The molecule has 108 valence electrons. The van der Waals surface area contributed by atoms with Crippen LogP contribution in [0.25, 0.3) is 0 Å². The molecule has 0 radical (unpaired) electrons. The first kappa shape index (κ1) is 15.7. The fourth-order valence-electron chi connectivity index (χ4n) is 1.81. The van der Waals surface area contributed by atoms with E-state index in [1.54, 1.807) is 24.3 Å². The normalized spacial score (nSPS) is 13.0. The summed E-state index contributed by atoms with van der Waals surface area (Å²) >= 11 is 11.8. The average molecular weight is 321 g/mol. The average Bonchev–Trinajstić information content (AvgIpc) is 2.49. The zero-order chi connectivity index (χ0) is 15.2. The molecule has 0 saturated carbocycles. The number of benzene rings is 2. The number of rotatable bonds is 5. The number of halogens is 2. The molecule has 0 aliphatic carbocycles. The highest BCUT2D eigenvalue weighted by molar-refractivity contribution is 6.31. The van der Waals surface area contributed by atoms with Crippen molar-refractivity contribution in [3.8, 4) is 0 Å². The molecule has 0 fully saturated rings. The third kappa shape index (κ3) is 4.67. The lowest BCUT2D eigenvalue weighted by molar-refractivity contribution is -0.108. The van der Waals surface area contributed by atoms with Crippen molar-refractivity contribution >= 4 is 40.9 Å². The highest BCUT2D eigenvalue weighted by Crippen LogP contribution is 2.20. The molecule has 2 aromatic carbocycles. The molecule has 2 rings (SSSR count). The molecule has 5 heteroatoms. The second kappa shape index (κ2) is 7.36. The van der Waals surface area contributed by atoms with Gasteiger partial charge in [0.2, 0.25) is 0 Å². The van der Waals surface area contributed by atoms with Crippen LogP contribution in [0.15, 0.2) is 53.5 Å². The maximum absolute atomic E-state index is 10.8. The van der Waals surface area contributed by atoms with Gasteiger partial charge in [0.25, 0.3) is 0 Å². The minimum absolute atomic E-state index is 0.355. The van der Waals surface area contributed by atoms with Crippen LogP contribution in [-0.2, 0) is 4.79 Å². The molecule has 0 amide bonds. The van der Waals surface area contributed by atoms with E-state index in [0.29, 0.717) is 22.8 Å². The predicted molar refractivity (Wildman–Crippen MR) is 87.8 cm³/mol. The Morgan fingerprint density at radius 1 is 1.05 bits per heavy atom. The molecule has 21 heavy (non-hydrogen) atoms. The molecule has 0 aliphatic rings. The quantitative estimate of drug-likeness (QED) is 0.668. The molecule has 2 N–H and O–H groups in total. The SMILES string of the molecule is NC(C=O)CC(=Nc1ccc(Cl)cc1)c1ccc(Cl)cc1. The van der Waals surface area contributed by atoms with E-state index in [4.69, 9.17) is 28.9 Å². The number of aliphatic imine (C=N–C) groups is 1. The van der Waals surface area contributed by atoms with Gasteiger partial charge >= 0.3 is 0 Å². The van der Waals surface area contributed by atoms with Gasteiger partial charge in [0.1, 0.15) is 6.29 Å². The summed E-state index contributed by atoms with van der Waals surface area (Å²) in [5.41, 5.74) is 8.09. The molecule has 3 nitrogen and oxygen atoms in total. The largest absolute Gasteiger partial charge is 0.321 e. The highest BCUT2D eigenvalue weighted by Gasteiger charge is 2.10. The van der Waals surface area contributed by atoms with E-state index in [-0.39, 0.29) is 0 Å². The van der Waals surface area contributed by atoms with Gasteiger partial charge in [-0.25, -0.2) is 0 Å². The van der Waals surface area contributed by atoms with Gasteiger partial charge in [0.15, 0.2) is 0 Å². The molecule has 0 heterocycles. The Bertz CT molecular complexity index is 636. The lowest BCUT2D eigenvalue weighted by Gasteiger charge is -2.09. The number of carbonyl (C=O) groups is 1. The lowest BCUT2D eigenvalue weighted by Crippen LogP contribution is -2.25. The molecule has 0 aliphatic heterocycles. The van der Waals surface area contributed by atoms with E-state index in [0.717, 1.165) is 17.0 Å². The van der Waals surface area contributed by atoms with Gasteiger partial charge < -0.3 is 10.5 Å². The minimum Gasteiger partial charge on any atom is -0.321 e. The first-order valence-electron chi connectivity index (χ1n) is 6.38. The highest BCUT2D eigenvalue weighted by atomic mass is 35.5. The predicted octanol–water partition coefficient (Wildman–Crippen LogP) is 4.03. The number of nitrogens with two attached hydrogens (primary N) is 1. The van der Waals surface area contributed by atoms with Crippen LogP contribution in [0.3, 0.4) is 0 Å². The van der Waals surface area contributed by atoms with Gasteiger partial charge in [-0.2, -0.15) is 0 Å². The molecule has 1 atom stereocenters. The van der Waals surface area contributed by atoms with E-state index < -0.39 is 6.04 Å². The van der Waals surface area contributed by atoms with Crippen LogP contribution in [0.1, 0.15) is 12.0 Å². The third-order valence-electron chi connectivity index (χ3n) is 2.87. The second-order valence-corrected chi connectivity index (χ2v) is 5.42. The zero-order valence-electron chi connectivity index (χ0n) is 11.2. The smallest absolute Gasteiger partial charge is 0.137 e. The summed E-state index contributed by atoms with van der Waals surface area (Å²) in [5.74, 6) is 0. The Kier molecular flexibility index (Phi) is 5.51. The second-order valence-electron chi connectivity index (χ2n) is 4.55. The number of hydrogen-bond acceptors (Lipinski definition) is 3. The summed E-state index contributed by atoms with van der Waals surface area (Å²) in [5, 5.41) is 1.29. The first-order chi connectivity index (χ1) is 10.1. The number of nitrogens with zero attached hydrogens (tertiary/aromatic N) is 1. The van der Waals surface area contributed by atoms with Crippen LogP contribution in [0.4, 0.5) is 5.69 Å². The molecule has 0 bridgehead atoms. The van der Waals surface area contributed by atoms with Crippen LogP contribution >= 0.6 is 23.2 Å². The molecular weight excluding hydrogens is 307 g/mol. The van der Waals surface area contributed by atoms with Crippen LogP contribution in [0.5, 0.6) is 0 Å². The third-order valence-corrected chi connectivity index (χ3v) is 3.38. The molecule has 0 spiro atoms. The number of hydrogen-bond donors (Lipinski definition) is 1. The van der Waals surface area contributed by atoms with Crippen molar-refractivity contribution in [2.75, 3.05) is 0 Å². The van der Waals surface area contributed by atoms with Crippen molar-refractivity contribution in [3.63, 3.8) is 0 Å². The minimum atomic E-state index is -0.591. The van der Waals surface area contributed by atoms with Gasteiger partial charge in [0.05, 0.1) is 17.4 Å². The van der Waals surface area contributed by atoms with Crippen molar-refractivity contribution in [1.29, 1.82) is 0 Å². The fourth-order valence-corrected chi connectivity index (χ4v) is 2.07. The summed E-state index contributed by atoms with van der Waals surface area (Å²) in [7, 11) is 0. The molecular formula is C16H14Cl2N2O. The summed E-state index contributed by atoms with van der Waals surface area (Å²) in [6.45, 7) is 0. The lowest BCUT2D eigenvalue weighted by atomic mass is 10.0. The van der Waals surface area contributed by atoms with Gasteiger partial charge in [-0.1, -0.05) is 35.3 Å². The zero-order valence-corrected chi connectivity index (χ0v) is 12.7. The van der Waals surface area contributed by atoms with Crippen molar-refractivity contribution in [2.45, 2.75) is 12.5 Å². The summed E-state index contributed by atoms with van der Waals surface area (Å²) < 4.78 is 0. The number of aldehydes is 1. The van der Waals surface area contributed by atoms with E-state index >= 15 is 0 Å². The maximum atomic E-state index is 10.8. The van der Waals surface area contributed by atoms with E-state index in [2.05, 4.69) is 4.99 Å². The van der Waals surface area contributed by atoms with Gasteiger partial charge in [0, 0.05) is 16.5 Å². The van der Waals surface area contributed by atoms with Crippen molar-refractivity contribution in [1.82, 2.24) is 0 Å². The standard InChI is InChI=1S/C16H14Cl2N2O/c17-12-3-1-11(2-4-12)16(9-14(19)10-21)20-15-7-5-13(18)6-8-15/h1-8,10,14H,9,19H2. The molecule has 2 aromatic rings. The Labute approximate surface area is 133 Å². The molecule has 0 aromatic heterocycles. The topological polar surface area (TPSA) is 55.5 Å². The Hall–Kier alpha value is -1.68. The fraction of sp³-hybridized carbons (Fsp3) is 0.125. The van der Waals surface area contributed by atoms with Crippen LogP contribution < -0.4 is 5.73 Å². The Morgan fingerprint density at radius 2 is 1.57 bits per heavy atom. The van der Waals surface area contributed by atoms with Crippen LogP contribution in [0.2, 0.25) is 10.0 Å². The maximum Gasteiger partial charge on any atom is 0.137 e. The van der Waals surface area contributed by atoms with Gasteiger partial charge in [-0.15, -0.1) is 0 Å². The van der Waals surface area contributed by atoms with Gasteiger partial charge in [-0.05, 0) is 42.0 Å². The van der Waals surface area contributed by atoms with Crippen molar-refractivity contribution in [3.05, 3.63) is 64.1 Å². The Balaban J connectivity index is 2.37. The summed E-state index contributed by atoms with van der Waals surface area (Å²) in [6.07, 6.45) is 1.07. The van der Waals surface area contributed by atoms with Crippen LogP contribution in [0, 0.1) is 0 Å². The van der Waals surface area contributed by atoms with E-state index in [1.165, 1.54) is 0 Å².